The molecule has 2 aromatic carbocycles. The molecular formula is C32H46N4O2. The fraction of sp³-hybridized carbons (Fsp3) is 0.562. The number of amides is 2. The number of hydrogen-bond acceptors (Lipinski definition) is 4. The van der Waals surface area contributed by atoms with Crippen molar-refractivity contribution >= 4 is 23.2 Å². The van der Waals surface area contributed by atoms with Crippen molar-refractivity contribution in [1.82, 2.24) is 9.80 Å². The van der Waals surface area contributed by atoms with Gasteiger partial charge in [-0.25, -0.2) is 0 Å². The van der Waals surface area contributed by atoms with Crippen molar-refractivity contribution in [3.8, 4) is 0 Å². The zero-order chi connectivity index (χ0) is 27.2. The zero-order valence-corrected chi connectivity index (χ0v) is 24.1. The lowest BCUT2D eigenvalue weighted by atomic mass is 9.87. The second kappa shape index (κ2) is 12.8. The molecule has 0 N–H and O–H groups in total. The molecule has 0 spiro atoms. The van der Waals surface area contributed by atoms with Crippen molar-refractivity contribution < 1.29 is 9.59 Å². The van der Waals surface area contributed by atoms with E-state index in [9.17, 15) is 9.59 Å². The van der Waals surface area contributed by atoms with E-state index in [1.165, 1.54) is 6.42 Å². The molecule has 6 nitrogen and oxygen atoms in total. The minimum Gasteiger partial charge on any atom is -0.378 e. The minimum absolute atomic E-state index is 0.0378. The van der Waals surface area contributed by atoms with Crippen LogP contribution in [-0.2, 0) is 11.3 Å². The first-order valence-electron chi connectivity index (χ1n) is 14.5. The van der Waals surface area contributed by atoms with Crippen molar-refractivity contribution in [3.05, 3.63) is 59.2 Å². The molecule has 38 heavy (non-hydrogen) atoms. The summed E-state index contributed by atoms with van der Waals surface area (Å²) in [6.07, 6.45) is 6.41. The Labute approximate surface area is 229 Å². The van der Waals surface area contributed by atoms with Gasteiger partial charge >= 0.3 is 0 Å². The lowest BCUT2D eigenvalue weighted by molar-refractivity contribution is -0.123. The molecule has 0 atom stereocenters. The fourth-order valence-corrected chi connectivity index (χ4v) is 5.99. The molecule has 0 saturated heterocycles. The maximum Gasteiger partial charge on any atom is 0.254 e. The summed E-state index contributed by atoms with van der Waals surface area (Å²) in [5.74, 6) is 0.416. The van der Waals surface area contributed by atoms with Crippen molar-refractivity contribution in [2.75, 3.05) is 50.1 Å². The quantitative estimate of drug-likeness (QED) is 0.519. The van der Waals surface area contributed by atoms with Gasteiger partial charge in [0.25, 0.3) is 5.91 Å². The Balaban J connectivity index is 1.71. The third-order valence-corrected chi connectivity index (χ3v) is 8.31. The van der Waals surface area contributed by atoms with Crippen LogP contribution in [-0.4, -0.2) is 67.9 Å². The van der Waals surface area contributed by atoms with Crippen molar-refractivity contribution in [3.63, 3.8) is 0 Å². The topological polar surface area (TPSA) is 47.1 Å². The first-order chi connectivity index (χ1) is 18.3. The van der Waals surface area contributed by atoms with E-state index in [0.29, 0.717) is 24.7 Å². The lowest BCUT2D eigenvalue weighted by Gasteiger charge is -2.33. The number of benzene rings is 2. The smallest absolute Gasteiger partial charge is 0.254 e. The fourth-order valence-electron chi connectivity index (χ4n) is 5.99. The molecule has 2 aliphatic rings. The summed E-state index contributed by atoms with van der Waals surface area (Å²) >= 11 is 0. The zero-order valence-electron chi connectivity index (χ0n) is 24.1. The van der Waals surface area contributed by atoms with E-state index in [4.69, 9.17) is 0 Å². The molecule has 2 aromatic rings. The van der Waals surface area contributed by atoms with Gasteiger partial charge in [-0.15, -0.1) is 0 Å². The van der Waals surface area contributed by atoms with E-state index in [1.54, 1.807) is 0 Å². The molecule has 1 heterocycles. The lowest BCUT2D eigenvalue weighted by Crippen LogP contribution is -2.41. The number of nitrogens with zero attached hydrogens (tertiary/aromatic N) is 4. The van der Waals surface area contributed by atoms with E-state index < -0.39 is 0 Å². The molecule has 1 fully saturated rings. The highest BCUT2D eigenvalue weighted by atomic mass is 16.2. The third-order valence-electron chi connectivity index (χ3n) is 8.31. The van der Waals surface area contributed by atoms with Crippen LogP contribution >= 0.6 is 0 Å². The second-order valence-corrected chi connectivity index (χ2v) is 11.6. The van der Waals surface area contributed by atoms with E-state index >= 15 is 0 Å². The number of hydrogen-bond donors (Lipinski definition) is 0. The van der Waals surface area contributed by atoms with E-state index in [0.717, 1.165) is 74.2 Å². The molecule has 0 unspecified atom stereocenters. The Kier molecular flexibility index (Phi) is 9.48. The first kappa shape index (κ1) is 28.2. The molecule has 0 bridgehead atoms. The van der Waals surface area contributed by atoms with Gasteiger partial charge in [-0.3, -0.25) is 14.5 Å². The number of fused-ring (bicyclic) bond motifs is 1. The highest BCUT2D eigenvalue weighted by Crippen LogP contribution is 2.33. The summed E-state index contributed by atoms with van der Waals surface area (Å²) in [4.78, 5) is 36.4. The number of carbonyl (C=O) groups excluding carboxylic acids is 2. The summed E-state index contributed by atoms with van der Waals surface area (Å²) < 4.78 is 0. The van der Waals surface area contributed by atoms with Crippen LogP contribution in [0.5, 0.6) is 0 Å². The van der Waals surface area contributed by atoms with Crippen LogP contribution in [0, 0.1) is 12.8 Å². The minimum atomic E-state index is 0.0378. The molecular weight excluding hydrogens is 472 g/mol. The molecule has 206 valence electrons. The second-order valence-electron chi connectivity index (χ2n) is 11.6. The average Bonchev–Trinajstić information content (AvgIpc) is 2.95. The van der Waals surface area contributed by atoms with Crippen LogP contribution in [0.1, 0.15) is 73.9 Å². The molecule has 6 heteroatoms. The number of anilines is 2. The van der Waals surface area contributed by atoms with Crippen LogP contribution < -0.4 is 9.80 Å². The summed E-state index contributed by atoms with van der Waals surface area (Å²) in [6.45, 7) is 10.1. The highest BCUT2D eigenvalue weighted by Gasteiger charge is 2.30. The van der Waals surface area contributed by atoms with Crippen LogP contribution in [0.4, 0.5) is 11.4 Å². The third kappa shape index (κ3) is 6.58. The monoisotopic (exact) mass is 518 g/mol. The molecule has 4 rings (SSSR count). The van der Waals surface area contributed by atoms with Crippen LogP contribution in [0.25, 0.3) is 0 Å². The number of para-hydroxylation sites is 1. The van der Waals surface area contributed by atoms with E-state index in [1.807, 2.05) is 48.2 Å². The van der Waals surface area contributed by atoms with Gasteiger partial charge in [0.2, 0.25) is 5.91 Å². The number of aryl methyl sites for hydroxylation is 1. The van der Waals surface area contributed by atoms with Crippen LogP contribution in [0.15, 0.2) is 42.5 Å². The molecule has 1 aliphatic carbocycles. The van der Waals surface area contributed by atoms with E-state index in [2.05, 4.69) is 48.8 Å². The first-order valence-corrected chi connectivity index (χ1v) is 14.5. The summed E-state index contributed by atoms with van der Waals surface area (Å²) in [6, 6.07) is 14.5. The average molecular weight is 519 g/mol. The van der Waals surface area contributed by atoms with Gasteiger partial charge in [-0.2, -0.15) is 0 Å². The maximum atomic E-state index is 14.0. The van der Waals surface area contributed by atoms with Gasteiger partial charge < -0.3 is 14.7 Å². The normalized spacial score (nSPS) is 18.2. The standard InChI is InChI=1S/C32H46N4O2/c1-24(2)34-19-10-20-36(32(38)26-12-7-6-8-13-26)30-25(3)11-9-14-28(30)23-35(22-21-34)31(37)27-15-17-29(18-16-27)33(4)5/h9,11,14-18,24,26H,6-8,10,12-13,19-23H2,1-5H3. The SMILES string of the molecule is Cc1cccc2c1N(C(=O)C1CCCCC1)CCCN(C(C)C)CCN(C(=O)c1ccc(N(C)C)cc1)C2. The molecule has 0 aromatic heterocycles. The molecule has 2 amide bonds. The van der Waals surface area contributed by atoms with E-state index in [-0.39, 0.29) is 17.7 Å². The summed E-state index contributed by atoms with van der Waals surface area (Å²) in [7, 11) is 4.01. The van der Waals surface area contributed by atoms with Gasteiger partial charge in [-0.1, -0.05) is 37.5 Å². The summed E-state index contributed by atoms with van der Waals surface area (Å²) in [5.41, 5.74) is 4.95. The van der Waals surface area contributed by atoms with Crippen molar-refractivity contribution in [2.45, 2.75) is 71.9 Å². The predicted octanol–water partition coefficient (Wildman–Crippen LogP) is 5.73. The van der Waals surface area contributed by atoms with Crippen LogP contribution in [0.3, 0.4) is 0 Å². The summed E-state index contributed by atoms with van der Waals surface area (Å²) in [5, 5.41) is 0. The highest BCUT2D eigenvalue weighted by molar-refractivity contribution is 5.97. The number of rotatable bonds is 4. The van der Waals surface area contributed by atoms with Gasteiger partial charge in [0.05, 0.1) is 5.69 Å². The van der Waals surface area contributed by atoms with Crippen molar-refractivity contribution in [2.24, 2.45) is 5.92 Å². The van der Waals surface area contributed by atoms with Gasteiger partial charge in [0.15, 0.2) is 0 Å². The largest absolute Gasteiger partial charge is 0.378 e. The Morgan fingerprint density at radius 3 is 2.24 bits per heavy atom. The number of carbonyl (C=O) groups is 2. The maximum absolute atomic E-state index is 14.0. The Hall–Kier alpha value is -2.86. The molecule has 1 aliphatic heterocycles. The Bertz CT molecular complexity index is 1090. The molecule has 0 radical (unpaired) electrons. The van der Waals surface area contributed by atoms with Gasteiger partial charge in [0.1, 0.15) is 0 Å². The van der Waals surface area contributed by atoms with Gasteiger partial charge in [-0.05, 0) is 75.4 Å². The Morgan fingerprint density at radius 1 is 0.868 bits per heavy atom. The molecule has 1 saturated carbocycles. The van der Waals surface area contributed by atoms with Crippen LogP contribution in [0.2, 0.25) is 0 Å². The predicted molar refractivity (Wildman–Crippen MR) is 157 cm³/mol. The Morgan fingerprint density at radius 2 is 1.58 bits per heavy atom. The van der Waals surface area contributed by atoms with Crippen molar-refractivity contribution in [1.29, 1.82) is 0 Å². The van der Waals surface area contributed by atoms with Gasteiger partial charge in [0, 0.05) is 70.0 Å².